The standard InChI is InChI=1S/C13H20N4O/c1-3-18-12-4-9(2)15-13(16-12)17-7-10-5-14-6-11(10)8-17/h4,10-11,14H,3,5-8H2,1-2H3/t10-,11+. The second kappa shape index (κ2) is 4.72. The van der Waals surface area contributed by atoms with Crippen LogP contribution in [0, 0.1) is 18.8 Å². The van der Waals surface area contributed by atoms with E-state index in [9.17, 15) is 0 Å². The number of ether oxygens (including phenoxy) is 1. The molecule has 0 amide bonds. The number of fused-ring (bicyclic) bond motifs is 1. The highest BCUT2D eigenvalue weighted by atomic mass is 16.5. The van der Waals surface area contributed by atoms with Crippen LogP contribution in [0.25, 0.3) is 0 Å². The summed E-state index contributed by atoms with van der Waals surface area (Å²) in [6, 6.07) is 1.89. The monoisotopic (exact) mass is 248 g/mol. The van der Waals surface area contributed by atoms with Gasteiger partial charge in [-0.15, -0.1) is 0 Å². The Hall–Kier alpha value is -1.36. The van der Waals surface area contributed by atoms with Gasteiger partial charge >= 0.3 is 0 Å². The summed E-state index contributed by atoms with van der Waals surface area (Å²) in [7, 11) is 0. The molecule has 0 radical (unpaired) electrons. The van der Waals surface area contributed by atoms with Gasteiger partial charge in [-0.25, -0.2) is 4.98 Å². The first-order valence-corrected chi connectivity index (χ1v) is 6.70. The molecule has 0 unspecified atom stereocenters. The minimum Gasteiger partial charge on any atom is -0.478 e. The fourth-order valence-corrected chi connectivity index (χ4v) is 2.91. The molecule has 2 fully saturated rings. The third kappa shape index (κ3) is 2.14. The normalized spacial score (nSPS) is 26.4. The van der Waals surface area contributed by atoms with Crippen LogP contribution in [-0.2, 0) is 0 Å². The highest BCUT2D eigenvalue weighted by Crippen LogP contribution is 2.29. The molecule has 0 aromatic carbocycles. The van der Waals surface area contributed by atoms with Crippen molar-refractivity contribution < 1.29 is 4.74 Å². The lowest BCUT2D eigenvalue weighted by atomic mass is 10.0. The van der Waals surface area contributed by atoms with Gasteiger partial charge in [-0.1, -0.05) is 0 Å². The van der Waals surface area contributed by atoms with Crippen molar-refractivity contribution in [1.82, 2.24) is 15.3 Å². The SMILES string of the molecule is CCOc1cc(C)nc(N2C[C@H]3CNC[C@H]3C2)n1. The fraction of sp³-hybridized carbons (Fsp3) is 0.692. The van der Waals surface area contributed by atoms with Crippen LogP contribution >= 0.6 is 0 Å². The van der Waals surface area contributed by atoms with Crippen molar-refractivity contribution in [3.8, 4) is 5.88 Å². The zero-order chi connectivity index (χ0) is 12.5. The molecule has 5 nitrogen and oxygen atoms in total. The van der Waals surface area contributed by atoms with E-state index in [1.165, 1.54) is 0 Å². The summed E-state index contributed by atoms with van der Waals surface area (Å²) in [6.45, 7) is 9.00. The molecule has 2 aliphatic rings. The van der Waals surface area contributed by atoms with Crippen molar-refractivity contribution in [2.75, 3.05) is 37.7 Å². The Balaban J connectivity index is 1.79. The van der Waals surface area contributed by atoms with Gasteiger partial charge in [-0.3, -0.25) is 0 Å². The molecule has 1 aromatic heterocycles. The van der Waals surface area contributed by atoms with Crippen LogP contribution in [0.4, 0.5) is 5.95 Å². The van der Waals surface area contributed by atoms with Crippen molar-refractivity contribution in [3.05, 3.63) is 11.8 Å². The molecule has 0 bridgehead atoms. The minimum atomic E-state index is 0.644. The van der Waals surface area contributed by atoms with Crippen molar-refractivity contribution >= 4 is 5.95 Å². The van der Waals surface area contributed by atoms with Gasteiger partial charge in [-0.2, -0.15) is 4.98 Å². The number of hydrogen-bond donors (Lipinski definition) is 1. The quantitative estimate of drug-likeness (QED) is 0.859. The van der Waals surface area contributed by atoms with Gasteiger partial charge in [0.15, 0.2) is 0 Å². The summed E-state index contributed by atoms with van der Waals surface area (Å²) in [5.74, 6) is 3.03. The number of anilines is 1. The molecule has 2 atom stereocenters. The van der Waals surface area contributed by atoms with E-state index >= 15 is 0 Å². The molecular weight excluding hydrogens is 228 g/mol. The lowest BCUT2D eigenvalue weighted by molar-refractivity contribution is 0.326. The first-order chi connectivity index (χ1) is 8.76. The van der Waals surface area contributed by atoms with Crippen LogP contribution in [0.1, 0.15) is 12.6 Å². The van der Waals surface area contributed by atoms with Gasteiger partial charge in [0.2, 0.25) is 11.8 Å². The van der Waals surface area contributed by atoms with Crippen LogP contribution in [-0.4, -0.2) is 42.8 Å². The van der Waals surface area contributed by atoms with Crippen LogP contribution in [0.15, 0.2) is 6.07 Å². The average Bonchev–Trinajstić information content (AvgIpc) is 2.88. The maximum atomic E-state index is 5.49. The van der Waals surface area contributed by atoms with E-state index in [4.69, 9.17) is 4.74 Å². The molecule has 2 aliphatic heterocycles. The van der Waals surface area contributed by atoms with E-state index in [0.717, 1.165) is 49.7 Å². The number of rotatable bonds is 3. The maximum Gasteiger partial charge on any atom is 0.228 e. The molecule has 98 valence electrons. The summed E-state index contributed by atoms with van der Waals surface area (Å²) in [5.41, 5.74) is 0.971. The number of nitrogens with zero attached hydrogens (tertiary/aromatic N) is 3. The molecule has 0 aliphatic carbocycles. The van der Waals surface area contributed by atoms with E-state index in [-0.39, 0.29) is 0 Å². The minimum absolute atomic E-state index is 0.644. The third-order valence-electron chi connectivity index (χ3n) is 3.78. The topological polar surface area (TPSA) is 50.3 Å². The second-order valence-electron chi connectivity index (χ2n) is 5.16. The van der Waals surface area contributed by atoms with Crippen LogP contribution < -0.4 is 15.0 Å². The fourth-order valence-electron chi connectivity index (χ4n) is 2.91. The Labute approximate surface area is 108 Å². The molecule has 0 spiro atoms. The van der Waals surface area contributed by atoms with Crippen molar-refractivity contribution in [3.63, 3.8) is 0 Å². The molecule has 3 heterocycles. The molecule has 5 heteroatoms. The highest BCUT2D eigenvalue weighted by molar-refractivity contribution is 5.36. The molecule has 1 N–H and O–H groups in total. The van der Waals surface area contributed by atoms with Crippen LogP contribution in [0.3, 0.4) is 0 Å². The third-order valence-corrected chi connectivity index (χ3v) is 3.78. The molecular formula is C13H20N4O. The lowest BCUT2D eigenvalue weighted by Gasteiger charge is -2.18. The Bertz CT molecular complexity index is 425. The molecule has 0 saturated carbocycles. The zero-order valence-electron chi connectivity index (χ0n) is 11.0. The molecule has 18 heavy (non-hydrogen) atoms. The van der Waals surface area contributed by atoms with Gasteiger partial charge in [-0.05, 0) is 25.7 Å². The Morgan fingerprint density at radius 1 is 1.33 bits per heavy atom. The largest absolute Gasteiger partial charge is 0.478 e. The number of aryl methyl sites for hydroxylation is 1. The van der Waals surface area contributed by atoms with E-state index in [1.807, 2.05) is 19.9 Å². The smallest absolute Gasteiger partial charge is 0.228 e. The van der Waals surface area contributed by atoms with Gasteiger partial charge in [0.05, 0.1) is 6.61 Å². The average molecular weight is 248 g/mol. The van der Waals surface area contributed by atoms with E-state index in [2.05, 4.69) is 20.2 Å². The van der Waals surface area contributed by atoms with Gasteiger partial charge in [0.1, 0.15) is 0 Å². The van der Waals surface area contributed by atoms with Crippen LogP contribution in [0.5, 0.6) is 5.88 Å². The summed E-state index contributed by atoms with van der Waals surface area (Å²) in [4.78, 5) is 11.3. The van der Waals surface area contributed by atoms with Gasteiger partial charge < -0.3 is 15.0 Å². The van der Waals surface area contributed by atoms with E-state index in [1.54, 1.807) is 0 Å². The Morgan fingerprint density at radius 3 is 2.72 bits per heavy atom. The number of aromatic nitrogens is 2. The first-order valence-electron chi connectivity index (χ1n) is 6.70. The summed E-state index contributed by atoms with van der Waals surface area (Å²) < 4.78 is 5.49. The van der Waals surface area contributed by atoms with Crippen molar-refractivity contribution in [1.29, 1.82) is 0 Å². The molecule has 3 rings (SSSR count). The Kier molecular flexibility index (Phi) is 3.07. The van der Waals surface area contributed by atoms with Crippen molar-refractivity contribution in [2.45, 2.75) is 13.8 Å². The summed E-state index contributed by atoms with van der Waals surface area (Å²) in [6.07, 6.45) is 0. The Morgan fingerprint density at radius 2 is 2.06 bits per heavy atom. The highest BCUT2D eigenvalue weighted by Gasteiger charge is 2.37. The van der Waals surface area contributed by atoms with Crippen molar-refractivity contribution in [2.24, 2.45) is 11.8 Å². The number of nitrogens with one attached hydrogen (secondary N) is 1. The molecule has 1 aromatic rings. The number of hydrogen-bond acceptors (Lipinski definition) is 5. The van der Waals surface area contributed by atoms with Gasteiger partial charge in [0, 0.05) is 37.9 Å². The first kappa shape index (κ1) is 11.7. The maximum absolute atomic E-state index is 5.49. The second-order valence-corrected chi connectivity index (χ2v) is 5.16. The zero-order valence-corrected chi connectivity index (χ0v) is 11.0. The lowest BCUT2D eigenvalue weighted by Crippen LogP contribution is -2.27. The summed E-state index contributed by atoms with van der Waals surface area (Å²) >= 11 is 0. The van der Waals surface area contributed by atoms with Gasteiger partial charge in [0.25, 0.3) is 0 Å². The summed E-state index contributed by atoms with van der Waals surface area (Å²) in [5, 5.41) is 3.45. The van der Waals surface area contributed by atoms with E-state index < -0.39 is 0 Å². The predicted molar refractivity (Wildman–Crippen MR) is 70.0 cm³/mol. The van der Waals surface area contributed by atoms with Crippen LogP contribution in [0.2, 0.25) is 0 Å². The predicted octanol–water partition coefficient (Wildman–Crippen LogP) is 0.839. The van der Waals surface area contributed by atoms with E-state index in [0.29, 0.717) is 12.5 Å². The molecule has 2 saturated heterocycles.